The van der Waals surface area contributed by atoms with Crippen LogP contribution in [0.4, 0.5) is 10.5 Å². The second-order valence-corrected chi connectivity index (χ2v) is 8.44. The van der Waals surface area contributed by atoms with Gasteiger partial charge in [0.1, 0.15) is 0 Å². The molecule has 0 atom stereocenters. The van der Waals surface area contributed by atoms with Gasteiger partial charge >= 0.3 is 6.03 Å². The van der Waals surface area contributed by atoms with Gasteiger partial charge in [-0.25, -0.2) is 4.79 Å². The summed E-state index contributed by atoms with van der Waals surface area (Å²) in [5.41, 5.74) is 2.21. The summed E-state index contributed by atoms with van der Waals surface area (Å²) in [6.45, 7) is 4.72. The predicted molar refractivity (Wildman–Crippen MR) is 111 cm³/mol. The Bertz CT molecular complexity index is 812. The van der Waals surface area contributed by atoms with Crippen LogP contribution in [0.1, 0.15) is 42.6 Å². The van der Waals surface area contributed by atoms with Gasteiger partial charge < -0.3 is 16.0 Å². The van der Waals surface area contributed by atoms with Gasteiger partial charge in [0.15, 0.2) is 0 Å². The van der Waals surface area contributed by atoms with E-state index in [2.05, 4.69) is 57.9 Å². The van der Waals surface area contributed by atoms with E-state index in [1.165, 1.54) is 0 Å². The molecule has 5 nitrogen and oxygen atoms in total. The molecule has 27 heavy (non-hydrogen) atoms. The first-order valence-electron chi connectivity index (χ1n) is 9.05. The maximum atomic E-state index is 12.4. The van der Waals surface area contributed by atoms with Gasteiger partial charge in [0, 0.05) is 33.7 Å². The Morgan fingerprint density at radius 1 is 1.04 bits per heavy atom. The highest BCUT2D eigenvalue weighted by atomic mass is 79.9. The van der Waals surface area contributed by atoms with Crippen LogP contribution >= 0.6 is 15.9 Å². The molecule has 0 radical (unpaired) electrons. The van der Waals surface area contributed by atoms with E-state index >= 15 is 0 Å². The highest BCUT2D eigenvalue weighted by Crippen LogP contribution is 2.24. The number of benzene rings is 2. The van der Waals surface area contributed by atoms with E-state index in [1.807, 2.05) is 12.1 Å². The van der Waals surface area contributed by atoms with E-state index in [0.717, 1.165) is 22.9 Å². The van der Waals surface area contributed by atoms with E-state index in [4.69, 9.17) is 0 Å². The van der Waals surface area contributed by atoms with Crippen LogP contribution in [-0.2, 0) is 5.41 Å². The fourth-order valence-corrected chi connectivity index (χ4v) is 2.96. The monoisotopic (exact) mass is 429 g/mol. The molecule has 1 saturated carbocycles. The molecule has 6 heteroatoms. The molecule has 3 rings (SSSR count). The molecule has 3 amide bonds. The quantitative estimate of drug-likeness (QED) is 0.634. The Morgan fingerprint density at radius 2 is 1.67 bits per heavy atom. The fraction of sp³-hybridized carbons (Fsp3) is 0.333. The van der Waals surface area contributed by atoms with Crippen LogP contribution in [0.2, 0.25) is 0 Å². The van der Waals surface area contributed by atoms with E-state index < -0.39 is 0 Å². The number of anilines is 1. The average Bonchev–Trinajstić information content (AvgIpc) is 3.44. The summed E-state index contributed by atoms with van der Waals surface area (Å²) in [6, 6.07) is 15.1. The van der Waals surface area contributed by atoms with E-state index in [0.29, 0.717) is 23.8 Å². The van der Waals surface area contributed by atoms with Gasteiger partial charge in [-0.2, -0.15) is 0 Å². The molecule has 3 N–H and O–H groups in total. The molecule has 0 unspecified atom stereocenters. The number of carbonyl (C=O) groups excluding carboxylic acids is 2. The third-order valence-electron chi connectivity index (χ3n) is 4.63. The molecule has 0 aromatic heterocycles. The standard InChI is InChI=1S/C21H24BrN3O2/c1-21(2,15-5-7-16(22)8-6-15)13-23-19(26)14-3-9-17(10-4-14)24-20(27)25-18-11-12-18/h3-10,18H,11-13H2,1-2H3,(H,23,26)(H2,24,25,27). The largest absolute Gasteiger partial charge is 0.351 e. The van der Waals surface area contributed by atoms with Crippen LogP contribution in [0.15, 0.2) is 53.0 Å². The molecule has 0 heterocycles. The summed E-state index contributed by atoms with van der Waals surface area (Å²) in [5.74, 6) is -0.130. The van der Waals surface area contributed by atoms with Gasteiger partial charge in [-0.05, 0) is 54.8 Å². The summed E-state index contributed by atoms with van der Waals surface area (Å²) >= 11 is 3.44. The minimum absolute atomic E-state index is 0.130. The Kier molecular flexibility index (Phi) is 5.85. The SMILES string of the molecule is CC(C)(CNC(=O)c1ccc(NC(=O)NC2CC2)cc1)c1ccc(Br)cc1. The van der Waals surface area contributed by atoms with Crippen molar-refractivity contribution in [2.24, 2.45) is 0 Å². The first-order valence-corrected chi connectivity index (χ1v) is 9.85. The average molecular weight is 430 g/mol. The fourth-order valence-electron chi connectivity index (χ4n) is 2.69. The van der Waals surface area contributed by atoms with Crippen LogP contribution in [0.3, 0.4) is 0 Å². The molecule has 1 aliphatic rings. The second-order valence-electron chi connectivity index (χ2n) is 7.52. The van der Waals surface area contributed by atoms with E-state index in [9.17, 15) is 9.59 Å². The third kappa shape index (κ3) is 5.57. The van der Waals surface area contributed by atoms with Crippen molar-refractivity contribution in [2.45, 2.75) is 38.1 Å². The predicted octanol–water partition coefficient (Wildman–Crippen LogP) is 4.44. The van der Waals surface area contributed by atoms with Crippen molar-refractivity contribution in [1.82, 2.24) is 10.6 Å². The van der Waals surface area contributed by atoms with Crippen molar-refractivity contribution in [1.29, 1.82) is 0 Å². The first kappa shape index (κ1) is 19.4. The van der Waals surface area contributed by atoms with Crippen LogP contribution in [-0.4, -0.2) is 24.5 Å². The van der Waals surface area contributed by atoms with Crippen molar-refractivity contribution in [3.63, 3.8) is 0 Å². The van der Waals surface area contributed by atoms with Crippen molar-refractivity contribution in [3.05, 3.63) is 64.1 Å². The molecular weight excluding hydrogens is 406 g/mol. The van der Waals surface area contributed by atoms with E-state index in [1.54, 1.807) is 24.3 Å². The zero-order valence-electron chi connectivity index (χ0n) is 15.5. The molecule has 0 spiro atoms. The van der Waals surface area contributed by atoms with Gasteiger partial charge in [0.05, 0.1) is 0 Å². The van der Waals surface area contributed by atoms with Crippen molar-refractivity contribution < 1.29 is 9.59 Å². The van der Waals surface area contributed by atoms with Gasteiger partial charge in [-0.15, -0.1) is 0 Å². The lowest BCUT2D eigenvalue weighted by atomic mass is 9.84. The van der Waals surface area contributed by atoms with Crippen molar-refractivity contribution in [2.75, 3.05) is 11.9 Å². The van der Waals surface area contributed by atoms with Gasteiger partial charge in [0.2, 0.25) is 0 Å². The normalized spacial score (nSPS) is 13.7. The van der Waals surface area contributed by atoms with Gasteiger partial charge in [-0.1, -0.05) is 41.9 Å². The molecular formula is C21H24BrN3O2. The summed E-state index contributed by atoms with van der Waals surface area (Å²) in [4.78, 5) is 24.2. The van der Waals surface area contributed by atoms with E-state index in [-0.39, 0.29) is 17.4 Å². The minimum atomic E-state index is -0.203. The lowest BCUT2D eigenvalue weighted by Gasteiger charge is -2.25. The van der Waals surface area contributed by atoms with Crippen LogP contribution in [0.25, 0.3) is 0 Å². The summed E-state index contributed by atoms with van der Waals surface area (Å²) < 4.78 is 1.03. The van der Waals surface area contributed by atoms with Crippen LogP contribution < -0.4 is 16.0 Å². The number of hydrogen-bond acceptors (Lipinski definition) is 2. The molecule has 2 aromatic rings. The topological polar surface area (TPSA) is 70.2 Å². The van der Waals surface area contributed by atoms with Crippen LogP contribution in [0, 0.1) is 0 Å². The Balaban J connectivity index is 1.54. The minimum Gasteiger partial charge on any atom is -0.351 e. The number of rotatable bonds is 6. The highest BCUT2D eigenvalue weighted by Gasteiger charge is 2.23. The third-order valence-corrected chi connectivity index (χ3v) is 5.16. The van der Waals surface area contributed by atoms with Crippen molar-refractivity contribution >= 4 is 33.6 Å². The number of urea groups is 1. The maximum absolute atomic E-state index is 12.4. The smallest absolute Gasteiger partial charge is 0.319 e. The van der Waals surface area contributed by atoms with Crippen LogP contribution in [0.5, 0.6) is 0 Å². The van der Waals surface area contributed by atoms with Gasteiger partial charge in [0.25, 0.3) is 5.91 Å². The lowest BCUT2D eigenvalue weighted by Crippen LogP contribution is -2.36. The highest BCUT2D eigenvalue weighted by molar-refractivity contribution is 9.10. The summed E-state index contributed by atoms with van der Waals surface area (Å²) in [6.07, 6.45) is 2.09. The molecule has 0 bridgehead atoms. The molecule has 0 aliphatic heterocycles. The second kappa shape index (κ2) is 8.13. The zero-order valence-corrected chi connectivity index (χ0v) is 17.1. The summed E-state index contributed by atoms with van der Waals surface area (Å²) in [5, 5.41) is 8.64. The molecule has 2 aromatic carbocycles. The number of carbonyl (C=O) groups is 2. The molecule has 0 saturated heterocycles. The number of amides is 3. The Morgan fingerprint density at radius 3 is 2.26 bits per heavy atom. The van der Waals surface area contributed by atoms with Crippen molar-refractivity contribution in [3.8, 4) is 0 Å². The molecule has 1 aliphatic carbocycles. The summed E-state index contributed by atoms with van der Waals surface area (Å²) in [7, 11) is 0. The first-order chi connectivity index (χ1) is 12.8. The Hall–Kier alpha value is -2.34. The molecule has 142 valence electrons. The zero-order chi connectivity index (χ0) is 19.4. The number of nitrogens with one attached hydrogen (secondary N) is 3. The number of halogens is 1. The Labute approximate surface area is 168 Å². The maximum Gasteiger partial charge on any atom is 0.319 e. The number of hydrogen-bond donors (Lipinski definition) is 3. The molecule has 1 fully saturated rings. The van der Waals surface area contributed by atoms with Gasteiger partial charge in [-0.3, -0.25) is 4.79 Å². The lowest BCUT2D eigenvalue weighted by molar-refractivity contribution is 0.0945.